The van der Waals surface area contributed by atoms with Crippen LogP contribution >= 0.6 is 0 Å². The van der Waals surface area contributed by atoms with Crippen molar-refractivity contribution in [2.24, 2.45) is 5.92 Å². The highest BCUT2D eigenvalue weighted by Gasteiger charge is 2.17. The first-order valence-corrected chi connectivity index (χ1v) is 4.46. The Kier molecular flexibility index (Phi) is 2.85. The second kappa shape index (κ2) is 3.70. The van der Waals surface area contributed by atoms with Crippen LogP contribution in [-0.4, -0.2) is 5.78 Å². The molecule has 0 saturated heterocycles. The number of Topliss-reactive ketones (excluding diaryl/α,β-unsaturated/α-hetero) is 1. The minimum atomic E-state index is 0.292. The van der Waals surface area contributed by atoms with Gasteiger partial charge in [-0.15, -0.1) is 0 Å². The summed E-state index contributed by atoms with van der Waals surface area (Å²) in [5.74, 6) is 0.701. The lowest BCUT2D eigenvalue weighted by atomic mass is 9.92. The van der Waals surface area contributed by atoms with Gasteiger partial charge in [0.2, 0.25) is 0 Å². The van der Waals surface area contributed by atoms with Gasteiger partial charge in [-0.3, -0.25) is 4.79 Å². The molecule has 1 aliphatic carbocycles. The highest BCUT2D eigenvalue weighted by Crippen LogP contribution is 2.25. The van der Waals surface area contributed by atoms with E-state index in [9.17, 15) is 4.79 Å². The summed E-state index contributed by atoms with van der Waals surface area (Å²) in [6.07, 6.45) is 4.82. The summed E-state index contributed by atoms with van der Waals surface area (Å²) in [5, 5.41) is 0. The molecule has 0 spiro atoms. The number of ketones is 1. The lowest BCUT2D eigenvalue weighted by Gasteiger charge is -2.12. The monoisotopic (exact) mass is 164 g/mol. The molecule has 0 N–H and O–H groups in total. The van der Waals surface area contributed by atoms with Crippen molar-refractivity contribution in [1.82, 2.24) is 0 Å². The average molecular weight is 164 g/mol. The van der Waals surface area contributed by atoms with Crippen LogP contribution in [0.15, 0.2) is 23.8 Å². The van der Waals surface area contributed by atoms with Crippen molar-refractivity contribution in [3.05, 3.63) is 23.8 Å². The van der Waals surface area contributed by atoms with Gasteiger partial charge >= 0.3 is 0 Å². The Morgan fingerprint density at radius 2 is 2.33 bits per heavy atom. The first-order valence-electron chi connectivity index (χ1n) is 4.46. The summed E-state index contributed by atoms with van der Waals surface area (Å²) < 4.78 is 0. The van der Waals surface area contributed by atoms with Crippen LogP contribution in [0.4, 0.5) is 0 Å². The van der Waals surface area contributed by atoms with Crippen LogP contribution < -0.4 is 0 Å². The maximum atomic E-state index is 11.4. The SMILES string of the molecule is C=C(C)C1CCC=C(C)C(=O)C1. The van der Waals surface area contributed by atoms with Crippen molar-refractivity contribution >= 4 is 5.78 Å². The maximum absolute atomic E-state index is 11.4. The smallest absolute Gasteiger partial charge is 0.158 e. The fourth-order valence-corrected chi connectivity index (χ4v) is 1.52. The van der Waals surface area contributed by atoms with Crippen molar-refractivity contribution in [1.29, 1.82) is 0 Å². The van der Waals surface area contributed by atoms with Crippen LogP contribution in [-0.2, 0) is 4.79 Å². The molecular formula is C11H16O. The maximum Gasteiger partial charge on any atom is 0.158 e. The Morgan fingerprint density at radius 1 is 1.67 bits per heavy atom. The second-order valence-electron chi connectivity index (χ2n) is 3.64. The van der Waals surface area contributed by atoms with Crippen LogP contribution in [0, 0.1) is 5.92 Å². The molecule has 0 aromatic heterocycles. The van der Waals surface area contributed by atoms with Crippen molar-refractivity contribution in [3.8, 4) is 0 Å². The lowest BCUT2D eigenvalue weighted by Crippen LogP contribution is -2.07. The van der Waals surface area contributed by atoms with Crippen molar-refractivity contribution < 1.29 is 4.79 Å². The lowest BCUT2D eigenvalue weighted by molar-refractivity contribution is -0.116. The Labute approximate surface area is 74.2 Å². The molecule has 0 bridgehead atoms. The Hall–Kier alpha value is -0.850. The van der Waals surface area contributed by atoms with E-state index in [1.165, 1.54) is 0 Å². The Balaban J connectivity index is 2.69. The molecule has 1 heteroatoms. The van der Waals surface area contributed by atoms with E-state index in [4.69, 9.17) is 0 Å². The molecule has 0 saturated carbocycles. The Morgan fingerprint density at radius 3 is 2.92 bits per heavy atom. The predicted octanol–water partition coefficient (Wildman–Crippen LogP) is 2.88. The molecule has 0 amide bonds. The van der Waals surface area contributed by atoms with Crippen molar-refractivity contribution in [3.63, 3.8) is 0 Å². The standard InChI is InChI=1S/C11H16O/c1-8(2)10-6-4-5-9(3)11(12)7-10/h5,10H,1,4,6-7H2,2-3H3. The van der Waals surface area contributed by atoms with Crippen LogP contribution in [0.1, 0.15) is 33.1 Å². The Bertz CT molecular complexity index is 235. The summed E-state index contributed by atoms with van der Waals surface area (Å²) in [6, 6.07) is 0. The van der Waals surface area contributed by atoms with E-state index in [0.717, 1.165) is 24.0 Å². The summed E-state index contributed by atoms with van der Waals surface area (Å²) in [4.78, 5) is 11.4. The molecule has 1 rings (SSSR count). The number of rotatable bonds is 1. The molecule has 1 nitrogen and oxygen atoms in total. The second-order valence-corrected chi connectivity index (χ2v) is 3.64. The minimum Gasteiger partial charge on any atom is -0.295 e. The van der Waals surface area contributed by atoms with Gasteiger partial charge in [0.15, 0.2) is 5.78 Å². The van der Waals surface area contributed by atoms with Gasteiger partial charge in [-0.2, -0.15) is 0 Å². The fourth-order valence-electron chi connectivity index (χ4n) is 1.52. The van der Waals surface area contributed by atoms with Gasteiger partial charge in [-0.25, -0.2) is 0 Å². The van der Waals surface area contributed by atoms with Crippen molar-refractivity contribution in [2.75, 3.05) is 0 Å². The number of hydrogen-bond acceptors (Lipinski definition) is 1. The van der Waals surface area contributed by atoms with Crippen LogP contribution in [0.2, 0.25) is 0 Å². The van der Waals surface area contributed by atoms with E-state index in [-0.39, 0.29) is 0 Å². The topological polar surface area (TPSA) is 17.1 Å². The number of allylic oxidation sites excluding steroid dienone is 3. The molecule has 0 aromatic rings. The molecule has 0 fully saturated rings. The predicted molar refractivity (Wildman–Crippen MR) is 50.9 cm³/mol. The third-order valence-electron chi connectivity index (χ3n) is 2.53. The van der Waals surface area contributed by atoms with Gasteiger partial charge in [0, 0.05) is 6.42 Å². The first-order chi connectivity index (χ1) is 5.61. The van der Waals surface area contributed by atoms with Crippen molar-refractivity contribution in [2.45, 2.75) is 33.1 Å². The summed E-state index contributed by atoms with van der Waals surface area (Å²) in [6.45, 7) is 7.82. The van der Waals surface area contributed by atoms with E-state index in [0.29, 0.717) is 18.1 Å². The van der Waals surface area contributed by atoms with E-state index in [1.807, 2.05) is 19.9 Å². The van der Waals surface area contributed by atoms with Crippen LogP contribution in [0.5, 0.6) is 0 Å². The third kappa shape index (κ3) is 2.07. The molecule has 66 valence electrons. The molecule has 1 aliphatic rings. The summed E-state index contributed by atoms with van der Waals surface area (Å²) in [5.41, 5.74) is 2.07. The molecule has 0 heterocycles. The first kappa shape index (κ1) is 9.24. The largest absolute Gasteiger partial charge is 0.295 e. The van der Waals surface area contributed by atoms with E-state index >= 15 is 0 Å². The average Bonchev–Trinajstić information content (AvgIpc) is 2.15. The van der Waals surface area contributed by atoms with Gasteiger partial charge in [-0.1, -0.05) is 18.2 Å². The summed E-state index contributed by atoms with van der Waals surface area (Å²) >= 11 is 0. The highest BCUT2D eigenvalue weighted by molar-refractivity contribution is 5.95. The van der Waals surface area contributed by atoms with Gasteiger partial charge in [0.1, 0.15) is 0 Å². The minimum absolute atomic E-state index is 0.292. The van der Waals surface area contributed by atoms with Gasteiger partial charge in [0.25, 0.3) is 0 Å². The zero-order chi connectivity index (χ0) is 9.14. The fraction of sp³-hybridized carbons (Fsp3) is 0.545. The molecule has 0 radical (unpaired) electrons. The quantitative estimate of drug-likeness (QED) is 0.545. The molecular weight excluding hydrogens is 148 g/mol. The van der Waals surface area contributed by atoms with Crippen LogP contribution in [0.3, 0.4) is 0 Å². The number of carbonyl (C=O) groups is 1. The highest BCUT2D eigenvalue weighted by atomic mass is 16.1. The molecule has 1 unspecified atom stereocenters. The van der Waals surface area contributed by atoms with Crippen LogP contribution in [0.25, 0.3) is 0 Å². The summed E-state index contributed by atoms with van der Waals surface area (Å²) in [7, 11) is 0. The normalized spacial score (nSPS) is 24.7. The number of carbonyl (C=O) groups excluding carboxylic acids is 1. The van der Waals surface area contributed by atoms with Gasteiger partial charge < -0.3 is 0 Å². The zero-order valence-electron chi connectivity index (χ0n) is 7.89. The van der Waals surface area contributed by atoms with E-state index in [2.05, 4.69) is 6.58 Å². The van der Waals surface area contributed by atoms with Gasteiger partial charge in [0.05, 0.1) is 0 Å². The zero-order valence-corrected chi connectivity index (χ0v) is 7.89. The third-order valence-corrected chi connectivity index (χ3v) is 2.53. The molecule has 12 heavy (non-hydrogen) atoms. The number of hydrogen-bond donors (Lipinski definition) is 0. The molecule has 0 aromatic carbocycles. The molecule has 1 atom stereocenters. The van der Waals surface area contributed by atoms with E-state index < -0.39 is 0 Å². The van der Waals surface area contributed by atoms with Gasteiger partial charge in [-0.05, 0) is 38.2 Å². The van der Waals surface area contributed by atoms with E-state index in [1.54, 1.807) is 0 Å². The molecule has 0 aliphatic heterocycles.